The highest BCUT2D eigenvalue weighted by Crippen LogP contribution is 2.23. The van der Waals surface area contributed by atoms with Crippen LogP contribution in [0.5, 0.6) is 0 Å². The molecule has 2 aromatic heterocycles. The van der Waals surface area contributed by atoms with Crippen molar-refractivity contribution in [2.75, 3.05) is 5.32 Å². The number of hydrogen-bond donors (Lipinski definition) is 1. The molecule has 0 fully saturated rings. The number of carbonyl (C=O) groups is 1. The number of rotatable bonds is 2. The summed E-state index contributed by atoms with van der Waals surface area (Å²) in [7, 11) is 0. The number of nitrogens with zero attached hydrogens (tertiary/aromatic N) is 2. The average molecular weight is 221 g/mol. The monoisotopic (exact) mass is 221 g/mol. The highest BCUT2D eigenvalue weighted by molar-refractivity contribution is 7.16. The van der Waals surface area contributed by atoms with Gasteiger partial charge >= 0.3 is 0 Å². The molecule has 0 aromatic carbocycles. The van der Waals surface area contributed by atoms with Gasteiger partial charge in [0, 0.05) is 5.92 Å². The first-order chi connectivity index (χ1) is 7.18. The van der Waals surface area contributed by atoms with Crippen molar-refractivity contribution in [2.45, 2.75) is 13.8 Å². The normalized spacial score (nSPS) is 10.9. The lowest BCUT2D eigenvalue weighted by molar-refractivity contribution is -0.118. The summed E-state index contributed by atoms with van der Waals surface area (Å²) < 4.78 is 0. The lowest BCUT2D eigenvalue weighted by Gasteiger charge is -2.06. The van der Waals surface area contributed by atoms with Crippen molar-refractivity contribution in [1.29, 1.82) is 0 Å². The first-order valence-electron chi connectivity index (χ1n) is 4.67. The van der Waals surface area contributed by atoms with Crippen molar-refractivity contribution in [3.63, 3.8) is 0 Å². The second-order valence-corrected chi connectivity index (χ2v) is 4.40. The van der Waals surface area contributed by atoms with E-state index < -0.39 is 0 Å². The molecule has 1 N–H and O–H groups in total. The summed E-state index contributed by atoms with van der Waals surface area (Å²) in [4.78, 5) is 20.6. The van der Waals surface area contributed by atoms with E-state index in [1.54, 1.807) is 0 Å². The minimum atomic E-state index is -0.0475. The lowest BCUT2D eigenvalue weighted by atomic mass is 10.2. The molecule has 0 saturated heterocycles. The van der Waals surface area contributed by atoms with E-state index in [1.807, 2.05) is 25.3 Å². The molecule has 0 aliphatic carbocycles. The summed E-state index contributed by atoms with van der Waals surface area (Å²) in [5.74, 6) is 0.523. The molecule has 0 aliphatic rings. The van der Waals surface area contributed by atoms with Gasteiger partial charge in [-0.2, -0.15) is 0 Å². The van der Waals surface area contributed by atoms with Crippen LogP contribution in [0.4, 0.5) is 5.82 Å². The SMILES string of the molecule is CC(C)C(=O)Nc1ncnc2sccc12. The van der Waals surface area contributed by atoms with Gasteiger partial charge in [0.2, 0.25) is 5.91 Å². The third kappa shape index (κ3) is 1.97. The van der Waals surface area contributed by atoms with Gasteiger partial charge < -0.3 is 5.32 Å². The number of carbonyl (C=O) groups excluding carboxylic acids is 1. The highest BCUT2D eigenvalue weighted by Gasteiger charge is 2.10. The van der Waals surface area contributed by atoms with E-state index in [0.717, 1.165) is 10.2 Å². The molecule has 0 unspecified atom stereocenters. The van der Waals surface area contributed by atoms with Crippen LogP contribution in [0.25, 0.3) is 10.2 Å². The van der Waals surface area contributed by atoms with Crippen LogP contribution in [0, 0.1) is 5.92 Å². The van der Waals surface area contributed by atoms with E-state index in [2.05, 4.69) is 15.3 Å². The van der Waals surface area contributed by atoms with Crippen molar-refractivity contribution < 1.29 is 4.79 Å². The maximum Gasteiger partial charge on any atom is 0.228 e. The van der Waals surface area contributed by atoms with Crippen LogP contribution >= 0.6 is 11.3 Å². The van der Waals surface area contributed by atoms with Crippen LogP contribution in [0.1, 0.15) is 13.8 Å². The molecular formula is C10H11N3OS. The third-order valence-corrected chi connectivity index (χ3v) is 2.85. The summed E-state index contributed by atoms with van der Waals surface area (Å²) in [6.07, 6.45) is 1.47. The fourth-order valence-electron chi connectivity index (χ4n) is 1.15. The molecule has 15 heavy (non-hydrogen) atoms. The Hall–Kier alpha value is -1.49. The van der Waals surface area contributed by atoms with E-state index in [1.165, 1.54) is 17.7 Å². The maximum atomic E-state index is 11.5. The number of hydrogen-bond acceptors (Lipinski definition) is 4. The second kappa shape index (κ2) is 3.94. The molecule has 5 heteroatoms. The largest absolute Gasteiger partial charge is 0.310 e. The Labute approximate surface area is 91.4 Å². The zero-order valence-corrected chi connectivity index (χ0v) is 9.34. The molecule has 78 valence electrons. The fourth-order valence-corrected chi connectivity index (χ4v) is 1.88. The Balaban J connectivity index is 2.35. The predicted octanol–water partition coefficient (Wildman–Crippen LogP) is 2.29. The molecule has 0 saturated carbocycles. The summed E-state index contributed by atoms with van der Waals surface area (Å²) in [5.41, 5.74) is 0. The van der Waals surface area contributed by atoms with Gasteiger partial charge in [0.15, 0.2) is 0 Å². The minimum Gasteiger partial charge on any atom is -0.310 e. The average Bonchev–Trinajstić information content (AvgIpc) is 2.66. The van der Waals surface area contributed by atoms with Crippen molar-refractivity contribution in [2.24, 2.45) is 5.92 Å². The van der Waals surface area contributed by atoms with Gasteiger partial charge in [-0.25, -0.2) is 9.97 Å². The van der Waals surface area contributed by atoms with Gasteiger partial charge in [-0.1, -0.05) is 13.8 Å². The first kappa shape index (κ1) is 10.0. The number of aromatic nitrogens is 2. The van der Waals surface area contributed by atoms with E-state index in [-0.39, 0.29) is 11.8 Å². The molecule has 4 nitrogen and oxygen atoms in total. The van der Waals surface area contributed by atoms with Crippen molar-refractivity contribution in [3.8, 4) is 0 Å². The Kier molecular flexibility index (Phi) is 2.64. The number of amides is 1. The zero-order valence-electron chi connectivity index (χ0n) is 8.52. The molecule has 2 aromatic rings. The van der Waals surface area contributed by atoms with Gasteiger partial charge in [-0.3, -0.25) is 4.79 Å². The van der Waals surface area contributed by atoms with E-state index in [0.29, 0.717) is 5.82 Å². The Morgan fingerprint density at radius 1 is 1.47 bits per heavy atom. The van der Waals surface area contributed by atoms with E-state index in [4.69, 9.17) is 0 Å². The van der Waals surface area contributed by atoms with Crippen LogP contribution in [0.2, 0.25) is 0 Å². The van der Waals surface area contributed by atoms with Gasteiger partial charge in [0.05, 0.1) is 5.39 Å². The fraction of sp³-hybridized carbons (Fsp3) is 0.300. The molecule has 0 atom stereocenters. The number of thiophene rings is 1. The Bertz CT molecular complexity index is 492. The van der Waals surface area contributed by atoms with Crippen LogP contribution in [0.15, 0.2) is 17.8 Å². The van der Waals surface area contributed by atoms with Crippen LogP contribution in [0.3, 0.4) is 0 Å². The summed E-state index contributed by atoms with van der Waals surface area (Å²) in [6, 6.07) is 1.91. The first-order valence-corrected chi connectivity index (χ1v) is 5.55. The van der Waals surface area contributed by atoms with Crippen molar-refractivity contribution >= 4 is 33.3 Å². The van der Waals surface area contributed by atoms with Crippen molar-refractivity contribution in [1.82, 2.24) is 9.97 Å². The summed E-state index contributed by atoms with van der Waals surface area (Å²) in [6.45, 7) is 3.70. The minimum absolute atomic E-state index is 0.0267. The van der Waals surface area contributed by atoms with E-state index >= 15 is 0 Å². The van der Waals surface area contributed by atoms with Gasteiger partial charge in [-0.05, 0) is 11.4 Å². The molecule has 0 aliphatic heterocycles. The molecule has 0 spiro atoms. The Morgan fingerprint density at radius 2 is 2.27 bits per heavy atom. The van der Waals surface area contributed by atoms with Crippen LogP contribution < -0.4 is 5.32 Å². The maximum absolute atomic E-state index is 11.5. The Morgan fingerprint density at radius 3 is 3.00 bits per heavy atom. The molecule has 0 bridgehead atoms. The van der Waals surface area contributed by atoms with Crippen LogP contribution in [-0.4, -0.2) is 15.9 Å². The van der Waals surface area contributed by atoms with Gasteiger partial charge in [0.1, 0.15) is 17.0 Å². The molecule has 0 radical (unpaired) electrons. The topological polar surface area (TPSA) is 54.9 Å². The summed E-state index contributed by atoms with van der Waals surface area (Å²) in [5, 5.41) is 5.62. The lowest BCUT2D eigenvalue weighted by Crippen LogP contribution is -2.18. The molecular weight excluding hydrogens is 210 g/mol. The second-order valence-electron chi connectivity index (χ2n) is 3.51. The van der Waals surface area contributed by atoms with E-state index in [9.17, 15) is 4.79 Å². The quantitative estimate of drug-likeness (QED) is 0.846. The van der Waals surface area contributed by atoms with Gasteiger partial charge in [-0.15, -0.1) is 11.3 Å². The predicted molar refractivity (Wildman–Crippen MR) is 60.9 cm³/mol. The zero-order chi connectivity index (χ0) is 10.8. The molecule has 1 amide bonds. The smallest absolute Gasteiger partial charge is 0.228 e. The van der Waals surface area contributed by atoms with Gasteiger partial charge in [0.25, 0.3) is 0 Å². The molecule has 2 heterocycles. The summed E-state index contributed by atoms with van der Waals surface area (Å²) >= 11 is 1.53. The molecule has 2 rings (SSSR count). The van der Waals surface area contributed by atoms with Crippen molar-refractivity contribution in [3.05, 3.63) is 17.8 Å². The standard InChI is InChI=1S/C10H11N3OS/c1-6(2)9(14)13-8-7-3-4-15-10(7)12-5-11-8/h3-6H,1-2H3,(H,11,12,13,14). The van der Waals surface area contributed by atoms with Crippen LogP contribution in [-0.2, 0) is 4.79 Å². The number of nitrogens with one attached hydrogen (secondary N) is 1. The number of anilines is 1. The third-order valence-electron chi connectivity index (χ3n) is 2.03. The highest BCUT2D eigenvalue weighted by atomic mass is 32.1. The number of fused-ring (bicyclic) bond motifs is 1.